The zero-order chi connectivity index (χ0) is 20.6. The predicted molar refractivity (Wildman–Crippen MR) is 104 cm³/mol. The molecule has 1 fully saturated rings. The fraction of sp³-hybridized carbons (Fsp3) is 0.350. The molecule has 1 aromatic carbocycles. The first-order valence-electron chi connectivity index (χ1n) is 9.40. The van der Waals surface area contributed by atoms with E-state index in [2.05, 4.69) is 10.1 Å². The molecule has 1 atom stereocenters. The van der Waals surface area contributed by atoms with E-state index in [4.69, 9.17) is 15.2 Å². The quantitative estimate of drug-likeness (QED) is 0.659. The number of hydrogen-bond acceptors (Lipinski definition) is 7. The number of nitrogens with two attached hydrogens (primary N) is 1. The van der Waals surface area contributed by atoms with E-state index in [0.717, 1.165) is 6.42 Å². The number of anilines is 1. The number of carbonyl (C=O) groups is 1. The average Bonchev–Trinajstić information content (AvgIpc) is 3.29. The first-order chi connectivity index (χ1) is 14.0. The van der Waals surface area contributed by atoms with E-state index >= 15 is 0 Å². The maximum absolute atomic E-state index is 14.1. The third kappa shape index (κ3) is 3.07. The Kier molecular flexibility index (Phi) is 4.83. The molecular weight excluding hydrogens is 377 g/mol. The normalized spacial score (nSPS) is 19.0. The highest BCUT2D eigenvalue weighted by atomic mass is 19.1. The van der Waals surface area contributed by atoms with Gasteiger partial charge >= 0.3 is 5.97 Å². The Morgan fingerprint density at radius 1 is 1.41 bits per heavy atom. The molecule has 152 valence electrons. The molecule has 4 rings (SSSR count). The minimum atomic E-state index is -1.10. The number of nitrogens with zero attached hydrogens (tertiary/aromatic N) is 4. The summed E-state index contributed by atoms with van der Waals surface area (Å²) in [5, 5.41) is 4.56. The number of aromatic nitrogens is 3. The number of esters is 1. The molecular formula is C20H22FN5O3. The lowest BCUT2D eigenvalue weighted by atomic mass is 9.96. The van der Waals surface area contributed by atoms with Gasteiger partial charge in [0, 0.05) is 24.5 Å². The fourth-order valence-electron chi connectivity index (χ4n) is 3.88. The summed E-state index contributed by atoms with van der Waals surface area (Å²) < 4.78 is 26.3. The Bertz CT molecular complexity index is 1070. The maximum atomic E-state index is 14.1. The van der Waals surface area contributed by atoms with Crippen molar-refractivity contribution < 1.29 is 18.7 Å². The number of hydrogen-bond donors (Lipinski definition) is 1. The van der Waals surface area contributed by atoms with E-state index in [-0.39, 0.29) is 12.2 Å². The van der Waals surface area contributed by atoms with Gasteiger partial charge < -0.3 is 20.1 Å². The van der Waals surface area contributed by atoms with Gasteiger partial charge in [-0.1, -0.05) is 0 Å². The fourth-order valence-corrected chi connectivity index (χ4v) is 3.88. The molecule has 0 aliphatic carbocycles. The van der Waals surface area contributed by atoms with Crippen LogP contribution in [-0.4, -0.2) is 40.8 Å². The molecule has 1 aliphatic rings. The monoisotopic (exact) mass is 399 g/mol. The topological polar surface area (TPSA) is 95.0 Å². The summed E-state index contributed by atoms with van der Waals surface area (Å²) in [5.41, 5.74) is 6.83. The SMILES string of the molecule is CCOC(=O)c1c(N2CCC[C@@]2(N)c2cc(F)ccc2OC)nn2cccnc12. The number of benzene rings is 1. The van der Waals surface area contributed by atoms with E-state index in [0.29, 0.717) is 35.7 Å². The molecule has 0 saturated carbocycles. The molecule has 0 unspecified atom stereocenters. The highest BCUT2D eigenvalue weighted by Crippen LogP contribution is 2.43. The van der Waals surface area contributed by atoms with Crippen molar-refractivity contribution in [3.05, 3.63) is 53.6 Å². The van der Waals surface area contributed by atoms with Crippen LogP contribution in [-0.2, 0) is 10.4 Å². The summed E-state index contributed by atoms with van der Waals surface area (Å²) in [7, 11) is 1.51. The van der Waals surface area contributed by atoms with Gasteiger partial charge in [-0.15, -0.1) is 5.10 Å². The van der Waals surface area contributed by atoms with Gasteiger partial charge in [-0.25, -0.2) is 18.7 Å². The van der Waals surface area contributed by atoms with Gasteiger partial charge in [-0.05, 0) is 44.0 Å². The first kappa shape index (κ1) is 19.1. The lowest BCUT2D eigenvalue weighted by Gasteiger charge is -2.36. The Morgan fingerprint density at radius 3 is 3.00 bits per heavy atom. The van der Waals surface area contributed by atoms with Crippen molar-refractivity contribution in [2.75, 3.05) is 25.2 Å². The van der Waals surface area contributed by atoms with Crippen LogP contribution in [0, 0.1) is 5.82 Å². The van der Waals surface area contributed by atoms with Crippen molar-refractivity contribution in [1.29, 1.82) is 0 Å². The van der Waals surface area contributed by atoms with Crippen molar-refractivity contribution in [2.24, 2.45) is 5.73 Å². The molecule has 3 heterocycles. The van der Waals surface area contributed by atoms with Crippen molar-refractivity contribution in [3.63, 3.8) is 0 Å². The number of fused-ring (bicyclic) bond motifs is 1. The molecule has 29 heavy (non-hydrogen) atoms. The Hall–Kier alpha value is -3.20. The zero-order valence-corrected chi connectivity index (χ0v) is 16.3. The Balaban J connectivity index is 1.90. The lowest BCUT2D eigenvalue weighted by Crippen LogP contribution is -2.50. The summed E-state index contributed by atoms with van der Waals surface area (Å²) in [4.78, 5) is 18.9. The highest BCUT2D eigenvalue weighted by Gasteiger charge is 2.44. The second-order valence-electron chi connectivity index (χ2n) is 6.83. The second-order valence-corrected chi connectivity index (χ2v) is 6.83. The summed E-state index contributed by atoms with van der Waals surface area (Å²) >= 11 is 0. The summed E-state index contributed by atoms with van der Waals surface area (Å²) in [5.74, 6) is -0.120. The smallest absolute Gasteiger partial charge is 0.345 e. The number of methoxy groups -OCH3 is 1. The maximum Gasteiger partial charge on any atom is 0.345 e. The minimum absolute atomic E-state index is 0.216. The summed E-state index contributed by atoms with van der Waals surface area (Å²) in [6.45, 7) is 2.48. The van der Waals surface area contributed by atoms with Crippen molar-refractivity contribution >= 4 is 17.4 Å². The highest BCUT2D eigenvalue weighted by molar-refractivity contribution is 6.01. The zero-order valence-electron chi connectivity index (χ0n) is 16.3. The largest absolute Gasteiger partial charge is 0.496 e. The van der Waals surface area contributed by atoms with Gasteiger partial charge in [0.2, 0.25) is 0 Å². The summed E-state index contributed by atoms with van der Waals surface area (Å²) in [6, 6.07) is 5.96. The van der Waals surface area contributed by atoms with E-state index in [9.17, 15) is 9.18 Å². The molecule has 0 amide bonds. The van der Waals surface area contributed by atoms with Crippen LogP contribution < -0.4 is 15.4 Å². The third-order valence-electron chi connectivity index (χ3n) is 5.16. The molecule has 0 radical (unpaired) electrons. The molecule has 0 spiro atoms. The molecule has 1 aliphatic heterocycles. The van der Waals surface area contributed by atoms with Crippen LogP contribution in [0.3, 0.4) is 0 Å². The number of ether oxygens (including phenoxy) is 2. The first-order valence-corrected chi connectivity index (χ1v) is 9.40. The van der Waals surface area contributed by atoms with Crippen LogP contribution in [0.2, 0.25) is 0 Å². The van der Waals surface area contributed by atoms with Crippen molar-refractivity contribution in [1.82, 2.24) is 14.6 Å². The Morgan fingerprint density at radius 2 is 2.24 bits per heavy atom. The van der Waals surface area contributed by atoms with Gasteiger partial charge in [0.05, 0.1) is 13.7 Å². The minimum Gasteiger partial charge on any atom is -0.496 e. The standard InChI is InChI=1S/C20H22FN5O3/c1-3-29-19(27)16-17-23-9-5-11-26(17)24-18(16)25-10-4-8-20(25,22)14-12-13(21)6-7-15(14)28-2/h5-7,9,11-12H,3-4,8,10,22H2,1-2H3/t20-/m0/s1. The number of rotatable bonds is 5. The van der Waals surface area contributed by atoms with Gasteiger partial charge in [0.15, 0.2) is 11.5 Å². The van der Waals surface area contributed by atoms with Crippen LogP contribution in [0.4, 0.5) is 10.2 Å². The molecule has 1 saturated heterocycles. The molecule has 3 aromatic rings. The molecule has 0 bridgehead atoms. The molecule has 2 N–H and O–H groups in total. The second kappa shape index (κ2) is 7.32. The van der Waals surface area contributed by atoms with Crippen molar-refractivity contribution in [2.45, 2.75) is 25.4 Å². The molecule has 2 aromatic heterocycles. The van der Waals surface area contributed by atoms with Crippen molar-refractivity contribution in [3.8, 4) is 5.75 Å². The predicted octanol–water partition coefficient (Wildman–Crippen LogP) is 2.47. The van der Waals surface area contributed by atoms with Crippen LogP contribution in [0.5, 0.6) is 5.75 Å². The van der Waals surface area contributed by atoms with E-state index in [1.165, 1.54) is 23.8 Å². The van der Waals surface area contributed by atoms with E-state index < -0.39 is 17.4 Å². The van der Waals surface area contributed by atoms with Crippen LogP contribution in [0.1, 0.15) is 35.7 Å². The third-order valence-corrected chi connectivity index (χ3v) is 5.16. The van der Waals surface area contributed by atoms with Crippen LogP contribution in [0.25, 0.3) is 5.65 Å². The van der Waals surface area contributed by atoms with Gasteiger partial charge in [-0.3, -0.25) is 0 Å². The number of halogens is 1. The average molecular weight is 399 g/mol. The van der Waals surface area contributed by atoms with Crippen LogP contribution in [0.15, 0.2) is 36.7 Å². The van der Waals surface area contributed by atoms with Crippen LogP contribution >= 0.6 is 0 Å². The van der Waals surface area contributed by atoms with Gasteiger partial charge in [0.1, 0.15) is 22.8 Å². The molecule has 8 nitrogen and oxygen atoms in total. The lowest BCUT2D eigenvalue weighted by molar-refractivity contribution is 0.0529. The Labute approximate surface area is 167 Å². The van der Waals surface area contributed by atoms with E-state index in [1.807, 2.05) is 4.90 Å². The van der Waals surface area contributed by atoms with Gasteiger partial charge in [-0.2, -0.15) is 0 Å². The van der Waals surface area contributed by atoms with E-state index in [1.54, 1.807) is 31.5 Å². The number of carbonyl (C=O) groups excluding carboxylic acids is 1. The summed E-state index contributed by atoms with van der Waals surface area (Å²) in [6.07, 6.45) is 4.56. The molecule has 9 heteroatoms. The van der Waals surface area contributed by atoms with Gasteiger partial charge in [0.25, 0.3) is 0 Å².